The summed E-state index contributed by atoms with van der Waals surface area (Å²) in [7, 11) is 1.59. The van der Waals surface area contributed by atoms with E-state index < -0.39 is 12.2 Å². The molecular weight excluding hydrogens is 466 g/mol. The predicted octanol–water partition coefficient (Wildman–Crippen LogP) is 2.16. The van der Waals surface area contributed by atoms with E-state index in [1.54, 1.807) is 31.4 Å². The molecule has 0 radical (unpaired) electrons. The van der Waals surface area contributed by atoms with Crippen molar-refractivity contribution in [2.45, 2.75) is 12.7 Å². The van der Waals surface area contributed by atoms with Gasteiger partial charge in [-0.05, 0) is 42.0 Å². The van der Waals surface area contributed by atoms with E-state index in [9.17, 15) is 14.4 Å². The fourth-order valence-corrected chi connectivity index (χ4v) is 3.52. The minimum Gasteiger partial charge on any atom is -0.497 e. The summed E-state index contributed by atoms with van der Waals surface area (Å²) in [5, 5.41) is 3.91. The Bertz CT molecular complexity index is 1030. The maximum absolute atomic E-state index is 12.9. The van der Waals surface area contributed by atoms with Crippen LogP contribution in [0.1, 0.15) is 5.56 Å². The third kappa shape index (κ3) is 4.39. The summed E-state index contributed by atoms with van der Waals surface area (Å²) in [6.45, 7) is 0.0928. The molecule has 9 nitrogen and oxygen atoms in total. The zero-order valence-corrected chi connectivity index (χ0v) is 18.2. The molecule has 31 heavy (non-hydrogen) atoms. The molecule has 160 valence electrons. The molecule has 10 heteroatoms. The van der Waals surface area contributed by atoms with E-state index in [-0.39, 0.29) is 18.4 Å². The van der Waals surface area contributed by atoms with Gasteiger partial charge in [-0.1, -0.05) is 28.1 Å². The molecule has 0 bridgehead atoms. The third-order valence-corrected chi connectivity index (χ3v) is 5.44. The van der Waals surface area contributed by atoms with Crippen molar-refractivity contribution < 1.29 is 19.1 Å². The van der Waals surface area contributed by atoms with Gasteiger partial charge in [-0.25, -0.2) is 9.80 Å². The van der Waals surface area contributed by atoms with Gasteiger partial charge in [0, 0.05) is 29.1 Å². The maximum atomic E-state index is 12.9. The first-order valence-electron chi connectivity index (χ1n) is 9.49. The first kappa shape index (κ1) is 20.9. The van der Waals surface area contributed by atoms with Crippen LogP contribution in [0.3, 0.4) is 0 Å². The van der Waals surface area contributed by atoms with Gasteiger partial charge >= 0.3 is 6.03 Å². The fourth-order valence-electron chi connectivity index (χ4n) is 3.25. The number of carbonyl (C=O) groups excluding carboxylic acids is 3. The Morgan fingerprint density at radius 2 is 1.81 bits per heavy atom. The molecule has 4 rings (SSSR count). The molecule has 0 aromatic heterocycles. The number of carbonyl (C=O) groups is 3. The van der Waals surface area contributed by atoms with Crippen molar-refractivity contribution in [1.82, 2.24) is 20.7 Å². The highest BCUT2D eigenvalue weighted by Gasteiger charge is 2.44. The number of nitrogens with one attached hydrogen (secondary N) is 2. The average molecular weight is 486 g/mol. The molecule has 4 amide bonds. The Morgan fingerprint density at radius 3 is 2.48 bits per heavy atom. The summed E-state index contributed by atoms with van der Waals surface area (Å²) in [6.07, 6.45) is 2.16. The van der Waals surface area contributed by atoms with Gasteiger partial charge in [-0.3, -0.25) is 19.4 Å². The van der Waals surface area contributed by atoms with Crippen LogP contribution in [0.2, 0.25) is 0 Å². The lowest BCUT2D eigenvalue weighted by molar-refractivity contribution is -0.125. The number of urea groups is 1. The molecule has 2 aromatic carbocycles. The van der Waals surface area contributed by atoms with E-state index in [1.807, 2.05) is 24.3 Å². The summed E-state index contributed by atoms with van der Waals surface area (Å²) in [4.78, 5) is 40.6. The lowest BCUT2D eigenvalue weighted by Crippen LogP contribution is -2.52. The van der Waals surface area contributed by atoms with Gasteiger partial charge in [-0.15, -0.1) is 0 Å². The number of halogens is 1. The van der Waals surface area contributed by atoms with Crippen molar-refractivity contribution in [2.75, 3.05) is 18.6 Å². The van der Waals surface area contributed by atoms with Crippen molar-refractivity contribution in [3.8, 4) is 5.75 Å². The molecule has 2 aromatic rings. The Morgan fingerprint density at radius 1 is 1.10 bits per heavy atom. The number of anilines is 1. The Hall–Kier alpha value is -3.37. The Labute approximate surface area is 187 Å². The normalized spacial score (nSPS) is 17.7. The lowest BCUT2D eigenvalue weighted by Gasteiger charge is -2.29. The van der Waals surface area contributed by atoms with Crippen LogP contribution in [0.5, 0.6) is 5.75 Å². The molecule has 2 aliphatic heterocycles. The molecule has 1 saturated heterocycles. The third-order valence-electron chi connectivity index (χ3n) is 4.91. The highest BCUT2D eigenvalue weighted by Crippen LogP contribution is 2.25. The minimum absolute atomic E-state index is 0.221. The second-order valence-corrected chi connectivity index (χ2v) is 7.83. The second-order valence-electron chi connectivity index (χ2n) is 6.92. The second kappa shape index (κ2) is 8.78. The van der Waals surface area contributed by atoms with E-state index in [4.69, 9.17) is 4.74 Å². The molecule has 2 N–H and O–H groups in total. The van der Waals surface area contributed by atoms with E-state index in [0.717, 1.165) is 20.8 Å². The highest BCUT2D eigenvalue weighted by atomic mass is 79.9. The number of methoxy groups -OCH3 is 1. The van der Waals surface area contributed by atoms with Crippen LogP contribution < -0.4 is 20.4 Å². The van der Waals surface area contributed by atoms with E-state index >= 15 is 0 Å². The molecule has 0 saturated carbocycles. The van der Waals surface area contributed by atoms with Crippen molar-refractivity contribution in [2.24, 2.45) is 0 Å². The Balaban J connectivity index is 1.36. The SMILES string of the molecule is COc1ccc(CNC(=O)CN2NC3C(=O)N(c4ccc(Br)cc4)C=CN3C2=O)cc1. The van der Waals surface area contributed by atoms with E-state index in [1.165, 1.54) is 22.2 Å². The number of hydrogen-bond donors (Lipinski definition) is 2. The predicted molar refractivity (Wildman–Crippen MR) is 116 cm³/mol. The number of nitrogens with zero attached hydrogens (tertiary/aromatic N) is 3. The molecule has 1 unspecified atom stereocenters. The van der Waals surface area contributed by atoms with Crippen molar-refractivity contribution >= 4 is 39.5 Å². The number of amides is 4. The van der Waals surface area contributed by atoms with Crippen molar-refractivity contribution in [3.63, 3.8) is 0 Å². The van der Waals surface area contributed by atoms with Gasteiger partial charge in [0.15, 0.2) is 6.17 Å². The van der Waals surface area contributed by atoms with Gasteiger partial charge in [0.1, 0.15) is 12.3 Å². The average Bonchev–Trinajstić information content (AvgIpc) is 3.10. The molecule has 2 heterocycles. The number of benzene rings is 2. The number of hydrazine groups is 1. The smallest absolute Gasteiger partial charge is 0.340 e. The van der Waals surface area contributed by atoms with E-state index in [0.29, 0.717) is 12.2 Å². The molecule has 2 aliphatic rings. The van der Waals surface area contributed by atoms with Gasteiger partial charge in [0.2, 0.25) is 5.91 Å². The van der Waals surface area contributed by atoms with Crippen molar-refractivity contribution in [3.05, 3.63) is 71.0 Å². The van der Waals surface area contributed by atoms with Crippen LogP contribution in [0.4, 0.5) is 10.5 Å². The van der Waals surface area contributed by atoms with Crippen LogP contribution in [0.15, 0.2) is 65.4 Å². The summed E-state index contributed by atoms with van der Waals surface area (Å²) < 4.78 is 6.00. The largest absolute Gasteiger partial charge is 0.497 e. The minimum atomic E-state index is -0.907. The first-order valence-corrected chi connectivity index (χ1v) is 10.3. The molecule has 0 aliphatic carbocycles. The zero-order chi connectivity index (χ0) is 22.0. The van der Waals surface area contributed by atoms with Gasteiger partial charge in [-0.2, -0.15) is 5.43 Å². The lowest BCUT2D eigenvalue weighted by atomic mass is 10.2. The fraction of sp³-hybridized carbons (Fsp3) is 0.190. The number of fused-ring (bicyclic) bond motifs is 1. The van der Waals surface area contributed by atoms with Gasteiger partial charge in [0.25, 0.3) is 5.91 Å². The maximum Gasteiger partial charge on any atom is 0.340 e. The van der Waals surface area contributed by atoms with Crippen LogP contribution in [0, 0.1) is 0 Å². The molecular formula is C21H20BrN5O4. The summed E-state index contributed by atoms with van der Waals surface area (Å²) >= 11 is 3.37. The summed E-state index contributed by atoms with van der Waals surface area (Å²) in [5.74, 6) is 0.0607. The molecule has 0 spiro atoms. The van der Waals surface area contributed by atoms with Gasteiger partial charge in [0.05, 0.1) is 7.11 Å². The van der Waals surface area contributed by atoms with Crippen molar-refractivity contribution in [1.29, 1.82) is 0 Å². The number of rotatable bonds is 6. The van der Waals surface area contributed by atoms with E-state index in [2.05, 4.69) is 26.7 Å². The number of ether oxygens (including phenoxy) is 1. The zero-order valence-electron chi connectivity index (χ0n) is 16.6. The first-order chi connectivity index (χ1) is 15.0. The quantitative estimate of drug-likeness (QED) is 0.653. The molecule has 1 fully saturated rings. The topological polar surface area (TPSA) is 94.2 Å². The number of hydrogen-bond acceptors (Lipinski definition) is 5. The van der Waals surface area contributed by atoms with Crippen LogP contribution in [-0.4, -0.2) is 47.6 Å². The summed E-state index contributed by atoms with van der Waals surface area (Å²) in [6, 6.07) is 14.1. The Kier molecular flexibility index (Phi) is 5.92. The van der Waals surface area contributed by atoms with Crippen LogP contribution in [-0.2, 0) is 16.1 Å². The summed E-state index contributed by atoms with van der Waals surface area (Å²) in [5.41, 5.74) is 4.40. The standard InChI is InChI=1S/C21H20BrN5O4/c1-31-17-8-2-14(3-9-17)12-23-18(28)13-27-21(30)26-11-10-25(20(29)19(26)24-27)16-6-4-15(22)5-7-16/h2-11,19,24H,12-13H2,1H3,(H,23,28). The van der Waals surface area contributed by atoms with Gasteiger partial charge < -0.3 is 10.1 Å². The highest BCUT2D eigenvalue weighted by molar-refractivity contribution is 9.10. The monoisotopic (exact) mass is 485 g/mol. The molecule has 1 atom stereocenters. The van der Waals surface area contributed by atoms with Crippen LogP contribution >= 0.6 is 15.9 Å². The van der Waals surface area contributed by atoms with Crippen LogP contribution in [0.25, 0.3) is 0 Å².